The Morgan fingerprint density at radius 1 is 1.32 bits per heavy atom. The van der Waals surface area contributed by atoms with Crippen molar-refractivity contribution in [1.82, 2.24) is 0 Å². The minimum Gasteiger partial charge on any atom is -0.459 e. The molecule has 19 heavy (non-hydrogen) atoms. The highest BCUT2D eigenvalue weighted by molar-refractivity contribution is 8.07. The van der Waals surface area contributed by atoms with Gasteiger partial charge < -0.3 is 10.2 Å². The molecule has 2 nitrogen and oxygen atoms in total. The zero-order valence-electron chi connectivity index (χ0n) is 11.0. The first-order chi connectivity index (χ1) is 9.29. The smallest absolute Gasteiger partial charge is 0.134 e. The molecule has 2 heterocycles. The Labute approximate surface area is 122 Å². The van der Waals surface area contributed by atoms with Crippen LogP contribution in [-0.2, 0) is 0 Å². The molecule has 3 unspecified atom stereocenters. The molecule has 102 valence electrons. The van der Waals surface area contributed by atoms with Crippen molar-refractivity contribution in [2.75, 3.05) is 11.5 Å². The lowest BCUT2D eigenvalue weighted by atomic mass is 10.1. The van der Waals surface area contributed by atoms with Gasteiger partial charge in [-0.15, -0.1) is 0 Å². The minimum atomic E-state index is -0.00449. The van der Waals surface area contributed by atoms with Crippen molar-refractivity contribution in [2.24, 2.45) is 5.73 Å². The summed E-state index contributed by atoms with van der Waals surface area (Å²) in [6, 6.07) is 10.2. The molecule has 0 saturated carbocycles. The molecule has 1 aliphatic rings. The zero-order chi connectivity index (χ0) is 13.2. The van der Waals surface area contributed by atoms with E-state index in [1.807, 2.05) is 30.0 Å². The Bertz CT molecular complexity index is 521. The van der Waals surface area contributed by atoms with Crippen LogP contribution in [-0.4, -0.2) is 22.0 Å². The molecule has 2 aromatic rings. The summed E-state index contributed by atoms with van der Waals surface area (Å²) in [5, 5.41) is 2.25. The molecule has 4 heteroatoms. The zero-order valence-corrected chi connectivity index (χ0v) is 12.7. The summed E-state index contributed by atoms with van der Waals surface area (Å²) in [4.78, 5) is 0. The summed E-state index contributed by atoms with van der Waals surface area (Å²) in [6.07, 6.45) is 1.18. The first-order valence-corrected chi connectivity index (χ1v) is 8.86. The van der Waals surface area contributed by atoms with Gasteiger partial charge in [-0.3, -0.25) is 0 Å². The average Bonchev–Trinajstić information content (AvgIpc) is 2.90. The predicted molar refractivity (Wildman–Crippen MR) is 85.9 cm³/mol. The molecule has 0 bridgehead atoms. The lowest BCUT2D eigenvalue weighted by Gasteiger charge is -2.33. The minimum absolute atomic E-state index is 0.00449. The maximum absolute atomic E-state index is 6.47. The summed E-state index contributed by atoms with van der Waals surface area (Å²) >= 11 is 4.06. The summed E-state index contributed by atoms with van der Waals surface area (Å²) in [5.74, 6) is 3.37. The first-order valence-electron chi connectivity index (χ1n) is 6.77. The first kappa shape index (κ1) is 13.4. The number of nitrogens with two attached hydrogens (primary N) is 1. The number of para-hydroxylation sites is 1. The molecule has 0 spiro atoms. The Kier molecular flexibility index (Phi) is 4.10. The van der Waals surface area contributed by atoms with E-state index in [4.69, 9.17) is 10.2 Å². The molecule has 0 radical (unpaired) electrons. The van der Waals surface area contributed by atoms with Crippen LogP contribution in [0.25, 0.3) is 11.0 Å². The second-order valence-electron chi connectivity index (χ2n) is 4.87. The fraction of sp³-hybridized carbons (Fsp3) is 0.467. The second-order valence-corrected chi connectivity index (χ2v) is 7.50. The normalized spacial score (nSPS) is 25.6. The molecule has 1 saturated heterocycles. The fourth-order valence-electron chi connectivity index (χ4n) is 2.60. The van der Waals surface area contributed by atoms with Crippen LogP contribution in [0.1, 0.15) is 25.1 Å². The maximum Gasteiger partial charge on any atom is 0.134 e. The van der Waals surface area contributed by atoms with E-state index in [-0.39, 0.29) is 6.04 Å². The summed E-state index contributed by atoms with van der Waals surface area (Å²) < 4.78 is 5.93. The monoisotopic (exact) mass is 293 g/mol. The van der Waals surface area contributed by atoms with Gasteiger partial charge in [-0.05, 0) is 18.6 Å². The SMILES string of the molecule is CCC1SCCSC1C(N)c1cc2ccccc2o1. The van der Waals surface area contributed by atoms with Crippen LogP contribution in [0.4, 0.5) is 0 Å². The molecule has 0 aliphatic carbocycles. The van der Waals surface area contributed by atoms with Crippen molar-refractivity contribution >= 4 is 34.5 Å². The van der Waals surface area contributed by atoms with Gasteiger partial charge in [0.15, 0.2) is 0 Å². The van der Waals surface area contributed by atoms with Crippen molar-refractivity contribution in [3.8, 4) is 0 Å². The number of furan rings is 1. The fourth-order valence-corrected chi connectivity index (χ4v) is 5.76. The number of rotatable bonds is 3. The Morgan fingerprint density at radius 3 is 2.89 bits per heavy atom. The van der Waals surface area contributed by atoms with E-state index in [0.717, 1.165) is 16.7 Å². The van der Waals surface area contributed by atoms with E-state index < -0.39 is 0 Å². The maximum atomic E-state index is 6.47. The molecule has 0 amide bonds. The highest BCUT2D eigenvalue weighted by Crippen LogP contribution is 2.40. The van der Waals surface area contributed by atoms with Crippen LogP contribution >= 0.6 is 23.5 Å². The number of fused-ring (bicyclic) bond motifs is 1. The van der Waals surface area contributed by atoms with Gasteiger partial charge in [0.2, 0.25) is 0 Å². The standard InChI is InChI=1S/C15H19NOS2/c1-2-13-15(19-8-7-18-13)14(16)12-9-10-5-3-4-6-11(10)17-12/h3-6,9,13-15H,2,7-8,16H2,1H3. The van der Waals surface area contributed by atoms with Crippen LogP contribution in [0.2, 0.25) is 0 Å². The van der Waals surface area contributed by atoms with Crippen LogP contribution in [0.3, 0.4) is 0 Å². The predicted octanol–water partition coefficient (Wildman–Crippen LogP) is 4.06. The van der Waals surface area contributed by atoms with Crippen molar-refractivity contribution in [2.45, 2.75) is 29.9 Å². The average molecular weight is 293 g/mol. The number of thioether (sulfide) groups is 2. The van der Waals surface area contributed by atoms with Crippen molar-refractivity contribution < 1.29 is 4.42 Å². The van der Waals surface area contributed by atoms with Crippen LogP contribution in [0, 0.1) is 0 Å². The molecule has 1 aliphatic heterocycles. The van der Waals surface area contributed by atoms with E-state index in [1.165, 1.54) is 17.9 Å². The van der Waals surface area contributed by atoms with Gasteiger partial charge in [-0.1, -0.05) is 25.1 Å². The van der Waals surface area contributed by atoms with Gasteiger partial charge in [0.05, 0.1) is 6.04 Å². The van der Waals surface area contributed by atoms with Crippen LogP contribution in [0.15, 0.2) is 34.7 Å². The van der Waals surface area contributed by atoms with Crippen molar-refractivity contribution in [3.63, 3.8) is 0 Å². The van der Waals surface area contributed by atoms with Gasteiger partial charge in [-0.25, -0.2) is 0 Å². The van der Waals surface area contributed by atoms with Crippen molar-refractivity contribution in [1.29, 1.82) is 0 Å². The van der Waals surface area contributed by atoms with E-state index in [1.54, 1.807) is 0 Å². The van der Waals surface area contributed by atoms with E-state index >= 15 is 0 Å². The Balaban J connectivity index is 1.87. The van der Waals surface area contributed by atoms with Crippen molar-refractivity contribution in [3.05, 3.63) is 36.1 Å². The summed E-state index contributed by atoms with van der Waals surface area (Å²) in [6.45, 7) is 2.25. The highest BCUT2D eigenvalue weighted by atomic mass is 32.2. The highest BCUT2D eigenvalue weighted by Gasteiger charge is 2.32. The van der Waals surface area contributed by atoms with Gasteiger partial charge in [-0.2, -0.15) is 23.5 Å². The Morgan fingerprint density at radius 2 is 2.11 bits per heavy atom. The van der Waals surface area contributed by atoms with Crippen LogP contribution < -0.4 is 5.73 Å². The second kappa shape index (κ2) is 5.81. The third-order valence-electron chi connectivity index (χ3n) is 3.62. The molecular weight excluding hydrogens is 274 g/mol. The largest absolute Gasteiger partial charge is 0.459 e. The number of benzene rings is 1. The quantitative estimate of drug-likeness (QED) is 0.926. The number of hydrogen-bond acceptors (Lipinski definition) is 4. The molecule has 1 fully saturated rings. The summed E-state index contributed by atoms with van der Waals surface area (Å²) in [7, 11) is 0. The van der Waals surface area contributed by atoms with Gasteiger partial charge in [0.25, 0.3) is 0 Å². The summed E-state index contributed by atoms with van der Waals surface area (Å²) in [5.41, 5.74) is 7.41. The van der Waals surface area contributed by atoms with E-state index in [9.17, 15) is 0 Å². The molecule has 2 N–H and O–H groups in total. The van der Waals surface area contributed by atoms with E-state index in [2.05, 4.69) is 30.8 Å². The number of hydrogen-bond donors (Lipinski definition) is 1. The molecule has 1 aromatic carbocycles. The lowest BCUT2D eigenvalue weighted by molar-refractivity contribution is 0.478. The topological polar surface area (TPSA) is 39.2 Å². The molecular formula is C15H19NOS2. The van der Waals surface area contributed by atoms with Gasteiger partial charge >= 0.3 is 0 Å². The molecule has 3 rings (SSSR count). The third kappa shape index (κ3) is 2.67. The van der Waals surface area contributed by atoms with Crippen LogP contribution in [0.5, 0.6) is 0 Å². The van der Waals surface area contributed by atoms with Gasteiger partial charge in [0, 0.05) is 27.4 Å². The lowest BCUT2D eigenvalue weighted by Crippen LogP contribution is -2.35. The van der Waals surface area contributed by atoms with Gasteiger partial charge in [0.1, 0.15) is 11.3 Å². The Hall–Kier alpha value is -0.580. The molecule has 1 aromatic heterocycles. The van der Waals surface area contributed by atoms with E-state index in [0.29, 0.717) is 10.5 Å². The third-order valence-corrected chi connectivity index (χ3v) is 6.99. The molecule has 3 atom stereocenters.